The van der Waals surface area contributed by atoms with Crippen LogP contribution in [0.4, 0.5) is 11.4 Å². The lowest BCUT2D eigenvalue weighted by molar-refractivity contribution is -0.117. The average Bonchev–Trinajstić information content (AvgIpc) is 2.88. The molecule has 0 saturated carbocycles. The summed E-state index contributed by atoms with van der Waals surface area (Å²) in [5, 5.41) is 11.5. The zero-order chi connectivity index (χ0) is 26.9. The molecular formula is C22H24N8O8. The third-order valence-electron chi connectivity index (χ3n) is 4.17. The number of benzene rings is 2. The Labute approximate surface area is 214 Å². The van der Waals surface area contributed by atoms with Crippen molar-refractivity contribution in [1.29, 1.82) is 0 Å². The van der Waals surface area contributed by atoms with E-state index < -0.39 is 23.5 Å². The third kappa shape index (κ3) is 12.3. The van der Waals surface area contributed by atoms with Crippen molar-refractivity contribution >= 4 is 47.3 Å². The lowest BCUT2D eigenvalue weighted by Crippen LogP contribution is -2.23. The van der Waals surface area contributed by atoms with Gasteiger partial charge in [-0.05, 0) is 42.3 Å². The molecule has 0 radical (unpaired) electrons. The van der Waals surface area contributed by atoms with Gasteiger partial charge in [-0.15, -0.1) is 0 Å². The summed E-state index contributed by atoms with van der Waals surface area (Å²) in [6.07, 6.45) is 0.460. The number of carbonyl (C=O) groups excluding carboxylic acids is 6. The van der Waals surface area contributed by atoms with E-state index in [1.807, 2.05) is 0 Å². The number of carbonyl (C=O) groups is 6. The third-order valence-corrected chi connectivity index (χ3v) is 4.17. The molecule has 1 atom stereocenters. The van der Waals surface area contributed by atoms with Gasteiger partial charge in [0.2, 0.25) is 23.4 Å². The van der Waals surface area contributed by atoms with Gasteiger partial charge in [-0.1, -0.05) is 34.5 Å². The van der Waals surface area contributed by atoms with Crippen molar-refractivity contribution in [2.24, 2.45) is 10.2 Å². The number of hydrogen-bond donors (Lipinski definition) is 2. The normalized spacial score (nSPS) is 9.50. The fourth-order valence-electron chi connectivity index (χ4n) is 2.43. The lowest BCUT2D eigenvalue weighted by atomic mass is 10.1. The van der Waals surface area contributed by atoms with E-state index in [4.69, 9.17) is 11.1 Å². The lowest BCUT2D eigenvalue weighted by Gasteiger charge is -2.07. The van der Waals surface area contributed by atoms with Crippen LogP contribution in [0, 0.1) is 0 Å². The van der Waals surface area contributed by atoms with Crippen LogP contribution in [0.2, 0.25) is 0 Å². The molecule has 0 aliphatic carbocycles. The largest absolute Gasteiger partial charge is 0.412 e. The minimum Gasteiger partial charge on any atom is -0.412 e. The zero-order valence-electron chi connectivity index (χ0n) is 19.9. The zero-order valence-corrected chi connectivity index (χ0v) is 19.9. The van der Waals surface area contributed by atoms with E-state index in [9.17, 15) is 28.8 Å². The van der Waals surface area contributed by atoms with Gasteiger partial charge in [0, 0.05) is 45.3 Å². The molecule has 0 heterocycles. The first kappa shape index (κ1) is 34.8. The number of azide groups is 2. The van der Waals surface area contributed by atoms with Crippen LogP contribution in [-0.4, -0.2) is 59.5 Å². The summed E-state index contributed by atoms with van der Waals surface area (Å²) in [5.41, 5.74) is 17.4. The summed E-state index contributed by atoms with van der Waals surface area (Å²) in [6, 6.07) is 11.1. The van der Waals surface area contributed by atoms with Gasteiger partial charge in [0.15, 0.2) is 12.6 Å². The summed E-state index contributed by atoms with van der Waals surface area (Å²) in [6.45, 7) is 1.50. The summed E-state index contributed by atoms with van der Waals surface area (Å²) in [7, 11) is 0. The summed E-state index contributed by atoms with van der Waals surface area (Å²) >= 11 is 0. The Hall–Kier alpha value is -5.40. The molecule has 0 bridgehead atoms. The van der Waals surface area contributed by atoms with Gasteiger partial charge in [-0.25, -0.2) is 0 Å². The Kier molecular flexibility index (Phi) is 17.3. The second kappa shape index (κ2) is 18.9. The number of nitrogens with zero attached hydrogens (tertiary/aromatic N) is 6. The van der Waals surface area contributed by atoms with Crippen molar-refractivity contribution < 1.29 is 39.7 Å². The quantitative estimate of drug-likeness (QED) is 0.109. The van der Waals surface area contributed by atoms with E-state index in [0.717, 1.165) is 0 Å². The second-order valence-electron chi connectivity index (χ2n) is 6.75. The highest BCUT2D eigenvalue weighted by atomic mass is 16.2. The van der Waals surface area contributed by atoms with Gasteiger partial charge in [0.05, 0.1) is 0 Å². The second-order valence-corrected chi connectivity index (χ2v) is 6.75. The summed E-state index contributed by atoms with van der Waals surface area (Å²) in [5.74, 6) is -2.16. The molecule has 2 amide bonds. The van der Waals surface area contributed by atoms with Crippen molar-refractivity contribution in [2.45, 2.75) is 19.4 Å². The van der Waals surface area contributed by atoms with Gasteiger partial charge in [-0.2, -0.15) is 0 Å². The van der Waals surface area contributed by atoms with E-state index in [1.165, 1.54) is 37.3 Å². The summed E-state index contributed by atoms with van der Waals surface area (Å²) < 4.78 is 0. The van der Waals surface area contributed by atoms with E-state index >= 15 is 0 Å². The maximum Gasteiger partial charge on any atom is 0.233 e. The molecule has 38 heavy (non-hydrogen) atoms. The van der Waals surface area contributed by atoms with E-state index in [0.29, 0.717) is 11.4 Å². The predicted molar refractivity (Wildman–Crippen MR) is 135 cm³/mol. The Morgan fingerprint density at radius 1 is 0.868 bits per heavy atom. The number of nitrogens with one attached hydrogen (secondary N) is 2. The van der Waals surface area contributed by atoms with Crippen LogP contribution in [0.3, 0.4) is 0 Å². The average molecular weight is 528 g/mol. The number of Topliss-reactive ketones (excluding diaryl/α,β-unsaturated/α-hetero) is 2. The minimum atomic E-state index is -0.861. The fraction of sp³-hybridized carbons (Fsp3) is 0.182. The van der Waals surface area contributed by atoms with Crippen molar-refractivity contribution in [3.8, 4) is 0 Å². The highest BCUT2D eigenvalue weighted by Gasteiger charge is 2.12. The molecule has 200 valence electrons. The molecule has 6 N–H and O–H groups in total. The van der Waals surface area contributed by atoms with Gasteiger partial charge in [0.25, 0.3) is 0 Å². The van der Waals surface area contributed by atoms with Crippen LogP contribution in [0.1, 0.15) is 34.1 Å². The van der Waals surface area contributed by atoms with E-state index in [1.54, 1.807) is 18.2 Å². The molecule has 0 aromatic heterocycles. The molecule has 2 rings (SSSR count). The Balaban J connectivity index is 0. The maximum absolute atomic E-state index is 11.5. The number of hydrogen-bond acceptors (Lipinski definition) is 8. The van der Waals surface area contributed by atoms with Crippen LogP contribution in [-0.2, 0) is 19.2 Å². The molecule has 2 aromatic carbocycles. The molecule has 1 unspecified atom stereocenters. The van der Waals surface area contributed by atoms with Crippen molar-refractivity contribution in [3.05, 3.63) is 80.5 Å². The number of rotatable bonds is 11. The van der Waals surface area contributed by atoms with Crippen LogP contribution < -0.4 is 10.6 Å². The standard InChI is InChI=1S/2C11H10N4O3.2H2O/c1-7(14-15-12)11(18)13-9-4-2-3-8(5-9)10(17)6-16;12-15-13-5-4-11(18)14-9-3-1-2-8(6-9)10(17)7-16;;/h2-7H,1H3,(H,13,18);1-3,6-7H,4-5H2,(H,14,18);2*1H2. The number of anilines is 2. The van der Waals surface area contributed by atoms with Gasteiger partial charge >= 0.3 is 0 Å². The molecule has 0 fully saturated rings. The minimum absolute atomic E-state index is 0. The molecule has 0 aliphatic heterocycles. The highest BCUT2D eigenvalue weighted by molar-refractivity contribution is 6.33. The van der Waals surface area contributed by atoms with Crippen molar-refractivity contribution in [3.63, 3.8) is 0 Å². The summed E-state index contributed by atoms with van der Waals surface area (Å²) in [4.78, 5) is 70.9. The van der Waals surface area contributed by atoms with Gasteiger partial charge < -0.3 is 21.6 Å². The first-order chi connectivity index (χ1) is 17.2. The maximum atomic E-state index is 11.5. The molecule has 16 heteroatoms. The fourth-order valence-corrected chi connectivity index (χ4v) is 2.43. The van der Waals surface area contributed by atoms with Crippen LogP contribution >= 0.6 is 0 Å². The molecule has 2 aromatic rings. The van der Waals surface area contributed by atoms with Crippen LogP contribution in [0.25, 0.3) is 20.9 Å². The van der Waals surface area contributed by atoms with Crippen LogP contribution in [0.15, 0.2) is 58.8 Å². The molecule has 16 nitrogen and oxygen atoms in total. The molecule has 0 spiro atoms. The van der Waals surface area contributed by atoms with Crippen molar-refractivity contribution in [2.75, 3.05) is 17.2 Å². The smallest absolute Gasteiger partial charge is 0.233 e. The van der Waals surface area contributed by atoms with Crippen molar-refractivity contribution in [1.82, 2.24) is 0 Å². The van der Waals surface area contributed by atoms with E-state index in [2.05, 4.69) is 30.7 Å². The highest BCUT2D eigenvalue weighted by Crippen LogP contribution is 2.12. The van der Waals surface area contributed by atoms with Gasteiger partial charge in [-0.3, -0.25) is 28.8 Å². The Morgan fingerprint density at radius 3 is 1.82 bits per heavy atom. The van der Waals surface area contributed by atoms with Crippen LogP contribution in [0.5, 0.6) is 0 Å². The van der Waals surface area contributed by atoms with Gasteiger partial charge in [0.1, 0.15) is 6.04 Å². The topological polar surface area (TPSA) is 287 Å². The molecular weight excluding hydrogens is 504 g/mol. The molecule has 0 saturated heterocycles. The molecule has 0 aliphatic rings. The first-order valence-electron chi connectivity index (χ1n) is 10.1. The Morgan fingerprint density at radius 2 is 1.37 bits per heavy atom. The number of aldehydes is 2. The van der Waals surface area contributed by atoms with E-state index in [-0.39, 0.29) is 53.5 Å². The number of ketones is 2. The SMILES string of the molecule is CC(N=[N+]=[N-])C(=O)Nc1cccc(C(=O)C=O)c1.O.O.[N-]=[N+]=NCCC(=O)Nc1cccc(C(=O)C=O)c1. The predicted octanol–water partition coefficient (Wildman–Crippen LogP) is 1.76. The first-order valence-corrected chi connectivity index (χ1v) is 10.1. The Bertz CT molecular complexity index is 1250. The monoisotopic (exact) mass is 528 g/mol. The number of amides is 2.